The number of halogens is 1. The maximum Gasteiger partial charge on any atom is 0.164 e. The molecule has 0 aliphatic rings. The molecule has 0 saturated heterocycles. The molecule has 2 aromatic carbocycles. The van der Waals surface area contributed by atoms with Crippen LogP contribution in [0.1, 0.15) is 16.8 Å². The Kier molecular flexibility index (Phi) is 5.23. The lowest BCUT2D eigenvalue weighted by molar-refractivity contribution is 0.0985. The molecule has 2 rings (SSSR count). The lowest BCUT2D eigenvalue weighted by atomic mass is 10.1. The van der Waals surface area contributed by atoms with Crippen LogP contribution >= 0.6 is 11.6 Å². The molecule has 0 heterocycles. The van der Waals surface area contributed by atoms with Crippen LogP contribution in [0.15, 0.2) is 48.5 Å². The zero-order chi connectivity index (χ0) is 15.2. The van der Waals surface area contributed by atoms with Crippen molar-refractivity contribution in [2.45, 2.75) is 6.42 Å². The lowest BCUT2D eigenvalue weighted by Gasteiger charge is -2.19. The van der Waals surface area contributed by atoms with Crippen molar-refractivity contribution in [2.24, 2.45) is 0 Å². The average Bonchev–Trinajstić information content (AvgIpc) is 2.53. The van der Waals surface area contributed by atoms with Gasteiger partial charge in [0.1, 0.15) is 5.75 Å². The topological polar surface area (TPSA) is 29.5 Å². The van der Waals surface area contributed by atoms with Gasteiger partial charge < -0.3 is 9.64 Å². The summed E-state index contributed by atoms with van der Waals surface area (Å²) >= 11 is 5.82. The summed E-state index contributed by atoms with van der Waals surface area (Å²) in [6.45, 7) is 0.661. The van der Waals surface area contributed by atoms with E-state index < -0.39 is 0 Å². The van der Waals surface area contributed by atoms with E-state index >= 15 is 0 Å². The molecular weight excluding hydrogens is 286 g/mol. The molecule has 0 radical (unpaired) electrons. The molecule has 0 unspecified atom stereocenters. The highest BCUT2D eigenvalue weighted by atomic mass is 35.5. The Labute approximate surface area is 130 Å². The number of hydrogen-bond donors (Lipinski definition) is 0. The van der Waals surface area contributed by atoms with Crippen LogP contribution in [0.3, 0.4) is 0 Å². The fraction of sp³-hybridized carbons (Fsp3) is 0.235. The number of ketones is 1. The highest BCUT2D eigenvalue weighted by Gasteiger charge is 2.08. The Morgan fingerprint density at radius 2 is 1.71 bits per heavy atom. The summed E-state index contributed by atoms with van der Waals surface area (Å²) in [6, 6.07) is 14.8. The molecule has 0 aliphatic heterocycles. The van der Waals surface area contributed by atoms with Gasteiger partial charge in [0.05, 0.1) is 7.11 Å². The van der Waals surface area contributed by atoms with E-state index in [9.17, 15) is 4.79 Å². The number of rotatable bonds is 6. The average molecular weight is 304 g/mol. The van der Waals surface area contributed by atoms with E-state index in [0.29, 0.717) is 23.6 Å². The Bertz CT molecular complexity index is 593. The molecule has 2 aromatic rings. The highest BCUT2D eigenvalue weighted by Crippen LogP contribution is 2.18. The summed E-state index contributed by atoms with van der Waals surface area (Å²) in [4.78, 5) is 14.2. The van der Waals surface area contributed by atoms with Gasteiger partial charge in [0.15, 0.2) is 5.78 Å². The van der Waals surface area contributed by atoms with E-state index in [1.54, 1.807) is 31.4 Å². The van der Waals surface area contributed by atoms with Crippen LogP contribution in [0.5, 0.6) is 5.75 Å². The van der Waals surface area contributed by atoms with Gasteiger partial charge in [-0.1, -0.05) is 11.6 Å². The number of anilines is 1. The number of ether oxygens (including phenoxy) is 1. The summed E-state index contributed by atoms with van der Waals surface area (Å²) in [5.74, 6) is 0.941. The summed E-state index contributed by atoms with van der Waals surface area (Å²) in [7, 11) is 3.61. The van der Waals surface area contributed by atoms with Crippen molar-refractivity contribution in [2.75, 3.05) is 25.6 Å². The van der Waals surface area contributed by atoms with Crippen LogP contribution in [0.25, 0.3) is 0 Å². The fourth-order valence-electron chi connectivity index (χ4n) is 2.02. The Balaban J connectivity index is 1.92. The van der Waals surface area contributed by atoms with Crippen molar-refractivity contribution in [1.82, 2.24) is 0 Å². The van der Waals surface area contributed by atoms with Gasteiger partial charge in [-0.25, -0.2) is 0 Å². The summed E-state index contributed by atoms with van der Waals surface area (Å²) in [5, 5.41) is 0.641. The van der Waals surface area contributed by atoms with Crippen molar-refractivity contribution in [3.8, 4) is 5.75 Å². The zero-order valence-corrected chi connectivity index (χ0v) is 12.9. The van der Waals surface area contributed by atoms with Crippen LogP contribution in [0.4, 0.5) is 5.69 Å². The molecule has 21 heavy (non-hydrogen) atoms. The quantitative estimate of drug-likeness (QED) is 0.754. The van der Waals surface area contributed by atoms with Gasteiger partial charge in [-0.05, 0) is 48.5 Å². The maximum absolute atomic E-state index is 12.1. The molecule has 0 fully saturated rings. The molecule has 0 saturated carbocycles. The molecule has 3 nitrogen and oxygen atoms in total. The first-order valence-electron chi connectivity index (χ1n) is 6.74. The van der Waals surface area contributed by atoms with E-state index in [4.69, 9.17) is 16.3 Å². The Hall–Kier alpha value is -2.00. The molecule has 0 amide bonds. The Morgan fingerprint density at radius 1 is 1.10 bits per heavy atom. The molecule has 4 heteroatoms. The molecular formula is C17H18ClNO2. The summed E-state index contributed by atoms with van der Waals surface area (Å²) in [5.41, 5.74) is 1.75. The van der Waals surface area contributed by atoms with Crippen molar-refractivity contribution in [3.63, 3.8) is 0 Å². The second kappa shape index (κ2) is 7.14. The first kappa shape index (κ1) is 15.4. The number of Topliss-reactive ketones (excluding diaryl/α,β-unsaturated/α-hetero) is 1. The van der Waals surface area contributed by atoms with E-state index in [1.165, 1.54) is 0 Å². The van der Waals surface area contributed by atoms with E-state index in [-0.39, 0.29) is 5.78 Å². The van der Waals surface area contributed by atoms with Gasteiger partial charge >= 0.3 is 0 Å². The first-order chi connectivity index (χ1) is 10.1. The van der Waals surface area contributed by atoms with Gasteiger partial charge in [-0.2, -0.15) is 0 Å². The van der Waals surface area contributed by atoms with E-state index in [1.807, 2.05) is 36.2 Å². The third kappa shape index (κ3) is 4.23. The van der Waals surface area contributed by atoms with Gasteiger partial charge in [-0.3, -0.25) is 4.79 Å². The lowest BCUT2D eigenvalue weighted by Crippen LogP contribution is -2.21. The largest absolute Gasteiger partial charge is 0.497 e. The number of methoxy groups -OCH3 is 1. The maximum atomic E-state index is 12.1. The van der Waals surface area contributed by atoms with Crippen molar-refractivity contribution in [1.29, 1.82) is 0 Å². The molecule has 0 aromatic heterocycles. The minimum Gasteiger partial charge on any atom is -0.497 e. The summed E-state index contributed by atoms with van der Waals surface area (Å²) < 4.78 is 5.13. The normalized spacial score (nSPS) is 10.2. The molecule has 0 bridgehead atoms. The van der Waals surface area contributed by atoms with Crippen LogP contribution in [0.2, 0.25) is 5.02 Å². The van der Waals surface area contributed by atoms with E-state index in [2.05, 4.69) is 0 Å². The van der Waals surface area contributed by atoms with Crippen LogP contribution in [-0.2, 0) is 0 Å². The second-order valence-electron chi connectivity index (χ2n) is 4.80. The zero-order valence-electron chi connectivity index (χ0n) is 12.2. The molecule has 0 aliphatic carbocycles. The van der Waals surface area contributed by atoms with Crippen LogP contribution in [0, 0.1) is 0 Å². The third-order valence-corrected chi connectivity index (χ3v) is 3.61. The smallest absolute Gasteiger partial charge is 0.164 e. The van der Waals surface area contributed by atoms with Crippen LogP contribution < -0.4 is 9.64 Å². The number of nitrogens with zero attached hydrogens (tertiary/aromatic N) is 1. The highest BCUT2D eigenvalue weighted by molar-refractivity contribution is 6.30. The standard InChI is InChI=1S/C17H18ClNO2/c1-19(15-7-9-16(21-2)10-8-15)12-11-17(20)13-3-5-14(18)6-4-13/h3-10H,11-12H2,1-2H3. The number of benzene rings is 2. The predicted octanol–water partition coefficient (Wildman–Crippen LogP) is 4.06. The fourth-order valence-corrected chi connectivity index (χ4v) is 2.14. The molecule has 0 spiro atoms. The van der Waals surface area contributed by atoms with Gasteiger partial charge in [-0.15, -0.1) is 0 Å². The van der Waals surface area contributed by atoms with Crippen molar-refractivity contribution < 1.29 is 9.53 Å². The number of carbonyl (C=O) groups is 1. The predicted molar refractivity (Wildman–Crippen MR) is 86.7 cm³/mol. The second-order valence-corrected chi connectivity index (χ2v) is 5.24. The van der Waals surface area contributed by atoms with Gasteiger partial charge in [0.2, 0.25) is 0 Å². The van der Waals surface area contributed by atoms with Gasteiger partial charge in [0.25, 0.3) is 0 Å². The van der Waals surface area contributed by atoms with Gasteiger partial charge in [0, 0.05) is 36.3 Å². The minimum atomic E-state index is 0.118. The number of hydrogen-bond acceptors (Lipinski definition) is 3. The Morgan fingerprint density at radius 3 is 2.29 bits per heavy atom. The third-order valence-electron chi connectivity index (χ3n) is 3.35. The summed E-state index contributed by atoms with van der Waals surface area (Å²) in [6.07, 6.45) is 0.462. The van der Waals surface area contributed by atoms with Crippen LogP contribution in [-0.4, -0.2) is 26.5 Å². The van der Waals surface area contributed by atoms with Crippen molar-refractivity contribution in [3.05, 3.63) is 59.1 Å². The number of carbonyl (C=O) groups excluding carboxylic acids is 1. The minimum absolute atomic E-state index is 0.118. The van der Waals surface area contributed by atoms with E-state index in [0.717, 1.165) is 11.4 Å². The molecule has 110 valence electrons. The SMILES string of the molecule is COc1ccc(N(C)CCC(=O)c2ccc(Cl)cc2)cc1. The monoisotopic (exact) mass is 303 g/mol. The molecule has 0 atom stereocenters. The first-order valence-corrected chi connectivity index (χ1v) is 7.12. The molecule has 0 N–H and O–H groups in total. The van der Waals surface area contributed by atoms with Crippen molar-refractivity contribution >= 4 is 23.1 Å².